The van der Waals surface area contributed by atoms with Crippen LogP contribution in [0.15, 0.2) is 54.6 Å². The molecule has 12 heteroatoms. The van der Waals surface area contributed by atoms with Gasteiger partial charge >= 0.3 is 0 Å². The van der Waals surface area contributed by atoms with Gasteiger partial charge in [0.05, 0.1) is 22.7 Å². The summed E-state index contributed by atoms with van der Waals surface area (Å²) in [5.41, 5.74) is 2.65. The summed E-state index contributed by atoms with van der Waals surface area (Å²) in [6.45, 7) is 4.47. The van der Waals surface area contributed by atoms with Crippen molar-refractivity contribution >= 4 is 48.9 Å². The maximum atomic E-state index is 13.8. The predicted octanol–water partition coefficient (Wildman–Crippen LogP) is 3.57. The molecule has 0 saturated carbocycles. The molecule has 3 heterocycles. The topological polar surface area (TPSA) is 119 Å². The number of hydrogen-bond acceptors (Lipinski definition) is 8. The number of piperazine rings is 1. The molecule has 220 valence electrons. The average Bonchev–Trinajstić information content (AvgIpc) is 3.45. The van der Waals surface area contributed by atoms with Gasteiger partial charge in [-0.25, -0.2) is 13.9 Å². The third kappa shape index (κ3) is 6.50. The van der Waals surface area contributed by atoms with Gasteiger partial charge in [0, 0.05) is 49.7 Å². The molecule has 3 aromatic rings. The molecule has 2 aliphatic rings. The first-order valence-corrected chi connectivity index (χ1v) is 16.3. The quantitative estimate of drug-likeness (QED) is 0.219. The summed E-state index contributed by atoms with van der Waals surface area (Å²) < 4.78 is 35.8. The molecule has 0 radical (unpaired) electrons. The SMILES string of the molecule is CCCCOc1ccc(N2CCN(S(=O)(=O)C3CC(C(=O)NO)CN(C(=O)c4cc5ccccc5s4)C3)CC2)cc1. The molecule has 0 aliphatic carbocycles. The zero-order valence-electron chi connectivity index (χ0n) is 23.1. The number of anilines is 1. The van der Waals surface area contributed by atoms with Crippen molar-refractivity contribution in [3.8, 4) is 5.75 Å². The summed E-state index contributed by atoms with van der Waals surface area (Å²) >= 11 is 1.34. The lowest BCUT2D eigenvalue weighted by Gasteiger charge is -2.41. The Morgan fingerprint density at radius 2 is 1.78 bits per heavy atom. The van der Waals surface area contributed by atoms with Gasteiger partial charge in [0.25, 0.3) is 5.91 Å². The summed E-state index contributed by atoms with van der Waals surface area (Å²) in [5.74, 6) is -1.03. The van der Waals surface area contributed by atoms with Gasteiger partial charge in [0.1, 0.15) is 5.75 Å². The predicted molar refractivity (Wildman–Crippen MR) is 159 cm³/mol. The van der Waals surface area contributed by atoms with Crippen molar-refractivity contribution in [2.75, 3.05) is 50.8 Å². The number of hydrogen-bond donors (Lipinski definition) is 2. The van der Waals surface area contributed by atoms with Crippen LogP contribution in [-0.2, 0) is 14.8 Å². The minimum absolute atomic E-state index is 0.00960. The molecule has 2 unspecified atom stereocenters. The molecule has 2 atom stereocenters. The number of sulfonamides is 1. The smallest absolute Gasteiger partial charge is 0.264 e. The third-order valence-electron chi connectivity index (χ3n) is 7.80. The van der Waals surface area contributed by atoms with E-state index in [1.54, 1.807) is 11.5 Å². The van der Waals surface area contributed by atoms with Crippen LogP contribution >= 0.6 is 11.3 Å². The monoisotopic (exact) mass is 600 g/mol. The number of thiophene rings is 1. The molecule has 2 aromatic carbocycles. The number of amides is 2. The van der Waals surface area contributed by atoms with E-state index in [1.807, 2.05) is 48.5 Å². The highest BCUT2D eigenvalue weighted by Crippen LogP contribution is 2.31. The summed E-state index contributed by atoms with van der Waals surface area (Å²) in [4.78, 5) is 30.0. The van der Waals surface area contributed by atoms with Crippen LogP contribution < -0.4 is 15.1 Å². The first-order valence-electron chi connectivity index (χ1n) is 14.0. The Bertz CT molecular complexity index is 1430. The van der Waals surface area contributed by atoms with Crippen LogP contribution in [-0.4, -0.2) is 85.8 Å². The number of hydroxylamine groups is 1. The fourth-order valence-corrected chi connectivity index (χ4v) is 8.43. The van der Waals surface area contributed by atoms with Gasteiger partial charge in [-0.1, -0.05) is 31.5 Å². The van der Waals surface area contributed by atoms with Crippen LogP contribution in [0.25, 0.3) is 10.1 Å². The van der Waals surface area contributed by atoms with E-state index in [-0.39, 0.29) is 25.4 Å². The van der Waals surface area contributed by atoms with E-state index >= 15 is 0 Å². The van der Waals surface area contributed by atoms with E-state index in [9.17, 15) is 23.2 Å². The summed E-state index contributed by atoms with van der Waals surface area (Å²) in [6.07, 6.45) is 2.11. The second kappa shape index (κ2) is 12.8. The minimum atomic E-state index is -3.82. The van der Waals surface area contributed by atoms with Crippen molar-refractivity contribution in [3.63, 3.8) is 0 Å². The van der Waals surface area contributed by atoms with Crippen molar-refractivity contribution < 1.29 is 28.0 Å². The number of carbonyl (C=O) groups excluding carboxylic acids is 2. The Hall–Kier alpha value is -3.19. The van der Waals surface area contributed by atoms with E-state index in [2.05, 4.69) is 11.8 Å². The first-order chi connectivity index (χ1) is 19.8. The van der Waals surface area contributed by atoms with Crippen LogP contribution in [0.1, 0.15) is 35.9 Å². The van der Waals surface area contributed by atoms with Crippen molar-refractivity contribution in [3.05, 3.63) is 59.5 Å². The number of unbranched alkanes of at least 4 members (excludes halogenated alkanes) is 1. The molecular formula is C29H36N4O6S2. The van der Waals surface area contributed by atoms with Crippen LogP contribution in [0.5, 0.6) is 5.75 Å². The number of nitrogens with zero attached hydrogens (tertiary/aromatic N) is 3. The maximum absolute atomic E-state index is 13.8. The fraction of sp³-hybridized carbons (Fsp3) is 0.448. The number of rotatable bonds is 9. The highest BCUT2D eigenvalue weighted by Gasteiger charge is 2.43. The molecule has 5 rings (SSSR count). The van der Waals surface area contributed by atoms with E-state index < -0.39 is 27.1 Å². The summed E-state index contributed by atoms with van der Waals surface area (Å²) in [6, 6.07) is 17.3. The van der Waals surface area contributed by atoms with E-state index in [0.29, 0.717) is 37.7 Å². The number of nitrogens with one attached hydrogen (secondary N) is 1. The van der Waals surface area contributed by atoms with Crippen LogP contribution in [0, 0.1) is 5.92 Å². The maximum Gasteiger partial charge on any atom is 0.264 e. The van der Waals surface area contributed by atoms with E-state index in [4.69, 9.17) is 4.74 Å². The van der Waals surface area contributed by atoms with Crippen molar-refractivity contribution in [1.82, 2.24) is 14.7 Å². The molecule has 2 saturated heterocycles. The van der Waals surface area contributed by atoms with Gasteiger partial charge in [-0.05, 0) is 54.6 Å². The lowest BCUT2D eigenvalue weighted by Crippen LogP contribution is -2.57. The second-order valence-corrected chi connectivity index (χ2v) is 13.8. The highest BCUT2D eigenvalue weighted by atomic mass is 32.2. The number of piperidine rings is 1. The number of benzene rings is 2. The van der Waals surface area contributed by atoms with E-state index in [0.717, 1.165) is 34.4 Å². The van der Waals surface area contributed by atoms with Gasteiger partial charge in [-0.3, -0.25) is 14.8 Å². The van der Waals surface area contributed by atoms with Gasteiger partial charge in [-0.15, -0.1) is 11.3 Å². The molecule has 1 aromatic heterocycles. The first kappa shape index (κ1) is 29.3. The average molecular weight is 601 g/mol. The largest absolute Gasteiger partial charge is 0.494 e. The lowest BCUT2D eigenvalue weighted by molar-refractivity contribution is -0.134. The fourth-order valence-electron chi connectivity index (χ4n) is 5.46. The number of ether oxygens (including phenoxy) is 1. The molecule has 2 aliphatic heterocycles. The number of likely N-dealkylation sites (tertiary alicyclic amines) is 1. The molecule has 0 bridgehead atoms. The molecule has 2 amide bonds. The molecule has 41 heavy (non-hydrogen) atoms. The van der Waals surface area contributed by atoms with Crippen molar-refractivity contribution in [1.29, 1.82) is 0 Å². The Kier molecular flexibility index (Phi) is 9.12. The summed E-state index contributed by atoms with van der Waals surface area (Å²) in [7, 11) is -3.82. The number of fused-ring (bicyclic) bond motifs is 1. The van der Waals surface area contributed by atoms with Gasteiger partial charge < -0.3 is 14.5 Å². The zero-order chi connectivity index (χ0) is 29.0. The normalized spacial score (nSPS) is 20.2. The van der Waals surface area contributed by atoms with Gasteiger partial charge in [-0.2, -0.15) is 4.31 Å². The van der Waals surface area contributed by atoms with Gasteiger partial charge in [0.15, 0.2) is 0 Å². The molecule has 0 spiro atoms. The van der Waals surface area contributed by atoms with Crippen LogP contribution in [0.3, 0.4) is 0 Å². The van der Waals surface area contributed by atoms with Gasteiger partial charge in [0.2, 0.25) is 15.9 Å². The summed E-state index contributed by atoms with van der Waals surface area (Å²) in [5, 5.41) is 9.27. The van der Waals surface area contributed by atoms with E-state index in [1.165, 1.54) is 20.5 Å². The standard InChI is InChI=1S/C29H36N4O6S2/c1-2-3-16-39-24-10-8-23(9-11-24)31-12-14-33(15-13-31)41(37,38)25-17-22(28(34)30-36)19-32(20-25)29(35)27-18-21-6-4-5-7-26(21)40-27/h4-11,18,22,25,36H,2-3,12-17,19-20H2,1H3,(H,30,34). The third-order valence-corrected chi connectivity index (χ3v) is 11.2. The Morgan fingerprint density at radius 1 is 1.05 bits per heavy atom. The lowest BCUT2D eigenvalue weighted by atomic mass is 9.97. The second-order valence-electron chi connectivity index (χ2n) is 10.5. The van der Waals surface area contributed by atoms with Crippen molar-refractivity contribution in [2.24, 2.45) is 5.92 Å². The molecule has 2 fully saturated rings. The Balaban J connectivity index is 1.26. The van der Waals surface area contributed by atoms with Crippen LogP contribution in [0.4, 0.5) is 5.69 Å². The highest BCUT2D eigenvalue weighted by molar-refractivity contribution is 7.89. The number of carbonyl (C=O) groups is 2. The molecule has 10 nitrogen and oxygen atoms in total. The molecule has 2 N–H and O–H groups in total. The van der Waals surface area contributed by atoms with Crippen molar-refractivity contribution in [2.45, 2.75) is 31.4 Å². The minimum Gasteiger partial charge on any atom is -0.494 e. The Labute approximate surface area is 244 Å². The zero-order valence-corrected chi connectivity index (χ0v) is 24.7. The molecular weight excluding hydrogens is 564 g/mol. The van der Waals surface area contributed by atoms with Crippen LogP contribution in [0.2, 0.25) is 0 Å². The Morgan fingerprint density at radius 3 is 2.46 bits per heavy atom.